The second-order valence-electron chi connectivity index (χ2n) is 3.69. The normalized spacial score (nSPS) is 16.2. The third kappa shape index (κ3) is 5.07. The van der Waals surface area contributed by atoms with Gasteiger partial charge in [0.2, 0.25) is 5.96 Å². The zero-order chi connectivity index (χ0) is 11.0. The summed E-state index contributed by atoms with van der Waals surface area (Å²) >= 11 is 0. The fourth-order valence-corrected chi connectivity index (χ4v) is 1.07. The summed E-state index contributed by atoms with van der Waals surface area (Å²) in [5.41, 5.74) is 2.59. The standard InChI is InChI=1S/C10H24N4/c1-5-7-12-10(14-11)13-9(4)8(3)6-2/h8-9H,5-7,11H2,1-4H3,(H2,12,13,14). The van der Waals surface area contributed by atoms with Crippen LogP contribution in [0.15, 0.2) is 4.99 Å². The highest BCUT2D eigenvalue weighted by Crippen LogP contribution is 2.05. The second-order valence-corrected chi connectivity index (χ2v) is 3.69. The highest BCUT2D eigenvalue weighted by Gasteiger charge is 2.10. The first-order valence-corrected chi connectivity index (χ1v) is 5.43. The number of hydrogen-bond acceptors (Lipinski definition) is 2. The minimum Gasteiger partial charge on any atom is -0.353 e. The highest BCUT2D eigenvalue weighted by atomic mass is 15.3. The first-order chi connectivity index (χ1) is 6.65. The number of nitrogens with zero attached hydrogens (tertiary/aromatic N) is 1. The molecule has 0 fully saturated rings. The van der Waals surface area contributed by atoms with Crippen molar-refractivity contribution < 1.29 is 0 Å². The molecule has 0 spiro atoms. The van der Waals surface area contributed by atoms with Crippen LogP contribution in [-0.4, -0.2) is 18.5 Å². The number of nitrogens with two attached hydrogens (primary N) is 1. The van der Waals surface area contributed by atoms with E-state index in [1.807, 2.05) is 0 Å². The van der Waals surface area contributed by atoms with Crippen LogP contribution >= 0.6 is 0 Å². The first-order valence-electron chi connectivity index (χ1n) is 5.43. The van der Waals surface area contributed by atoms with Crippen LogP contribution in [0.3, 0.4) is 0 Å². The molecule has 0 rings (SSSR count). The van der Waals surface area contributed by atoms with E-state index >= 15 is 0 Å². The fourth-order valence-electron chi connectivity index (χ4n) is 1.07. The fraction of sp³-hybridized carbons (Fsp3) is 0.900. The molecule has 4 nitrogen and oxygen atoms in total. The minimum absolute atomic E-state index is 0.395. The smallest absolute Gasteiger partial charge is 0.205 e. The van der Waals surface area contributed by atoms with Crippen LogP contribution in [0.1, 0.15) is 40.5 Å². The summed E-state index contributed by atoms with van der Waals surface area (Å²) in [5, 5.41) is 3.27. The van der Waals surface area contributed by atoms with Crippen LogP contribution in [0.25, 0.3) is 0 Å². The Morgan fingerprint density at radius 2 is 2.00 bits per heavy atom. The number of aliphatic imine (C=N–C) groups is 1. The molecule has 0 amide bonds. The van der Waals surface area contributed by atoms with E-state index in [9.17, 15) is 0 Å². The number of nitrogens with one attached hydrogen (secondary N) is 2. The van der Waals surface area contributed by atoms with Crippen molar-refractivity contribution in [2.75, 3.05) is 6.54 Å². The zero-order valence-electron chi connectivity index (χ0n) is 9.80. The van der Waals surface area contributed by atoms with Crippen LogP contribution in [0.2, 0.25) is 0 Å². The molecule has 0 aromatic carbocycles. The molecule has 4 N–H and O–H groups in total. The number of hydrogen-bond donors (Lipinski definition) is 3. The summed E-state index contributed by atoms with van der Waals surface area (Å²) in [7, 11) is 0. The van der Waals surface area contributed by atoms with Crippen LogP contribution in [0.5, 0.6) is 0 Å². The van der Waals surface area contributed by atoms with Gasteiger partial charge in [0.25, 0.3) is 0 Å². The Morgan fingerprint density at radius 1 is 1.36 bits per heavy atom. The molecule has 4 heteroatoms. The van der Waals surface area contributed by atoms with Crippen molar-refractivity contribution in [3.8, 4) is 0 Å². The SMILES string of the molecule is CCCN=C(NN)NC(C)C(C)CC. The molecule has 0 aliphatic rings. The van der Waals surface area contributed by atoms with Gasteiger partial charge in [-0.15, -0.1) is 0 Å². The van der Waals surface area contributed by atoms with Gasteiger partial charge >= 0.3 is 0 Å². The van der Waals surface area contributed by atoms with Gasteiger partial charge in [-0.25, -0.2) is 5.84 Å². The molecule has 2 atom stereocenters. The summed E-state index contributed by atoms with van der Waals surface area (Å²) in [6.07, 6.45) is 2.18. The monoisotopic (exact) mass is 200 g/mol. The third-order valence-electron chi connectivity index (χ3n) is 2.49. The van der Waals surface area contributed by atoms with Gasteiger partial charge in [0, 0.05) is 12.6 Å². The largest absolute Gasteiger partial charge is 0.353 e. The van der Waals surface area contributed by atoms with Crippen molar-refractivity contribution in [1.29, 1.82) is 0 Å². The van der Waals surface area contributed by atoms with Gasteiger partial charge in [0.15, 0.2) is 0 Å². The van der Waals surface area contributed by atoms with Gasteiger partial charge in [0.1, 0.15) is 0 Å². The first kappa shape index (κ1) is 13.2. The maximum Gasteiger partial charge on any atom is 0.205 e. The highest BCUT2D eigenvalue weighted by molar-refractivity contribution is 5.79. The Bertz CT molecular complexity index is 168. The van der Waals surface area contributed by atoms with E-state index in [4.69, 9.17) is 5.84 Å². The van der Waals surface area contributed by atoms with Crippen LogP contribution in [0, 0.1) is 5.92 Å². The molecule has 0 saturated heterocycles. The van der Waals surface area contributed by atoms with Gasteiger partial charge < -0.3 is 5.32 Å². The van der Waals surface area contributed by atoms with E-state index < -0.39 is 0 Å². The summed E-state index contributed by atoms with van der Waals surface area (Å²) in [4.78, 5) is 4.29. The predicted molar refractivity (Wildman–Crippen MR) is 62.0 cm³/mol. The Kier molecular flexibility index (Phi) is 7.20. The maximum absolute atomic E-state index is 5.36. The molecule has 0 aromatic rings. The Morgan fingerprint density at radius 3 is 2.43 bits per heavy atom. The topological polar surface area (TPSA) is 62.4 Å². The lowest BCUT2D eigenvalue weighted by Crippen LogP contribution is -2.47. The van der Waals surface area contributed by atoms with Crippen molar-refractivity contribution in [2.45, 2.75) is 46.6 Å². The number of guanidine groups is 1. The molecule has 84 valence electrons. The molecule has 0 saturated carbocycles. The Balaban J connectivity index is 4.03. The molecular weight excluding hydrogens is 176 g/mol. The van der Waals surface area contributed by atoms with E-state index in [2.05, 4.69) is 43.4 Å². The lowest BCUT2D eigenvalue weighted by Gasteiger charge is -2.21. The van der Waals surface area contributed by atoms with Gasteiger partial charge in [0.05, 0.1) is 0 Å². The van der Waals surface area contributed by atoms with Crippen molar-refractivity contribution in [2.24, 2.45) is 16.8 Å². The quantitative estimate of drug-likeness (QED) is 0.271. The summed E-state index contributed by atoms with van der Waals surface area (Å²) in [5.74, 6) is 6.67. The molecule has 0 bridgehead atoms. The third-order valence-corrected chi connectivity index (χ3v) is 2.49. The molecule has 0 heterocycles. The summed E-state index contributed by atoms with van der Waals surface area (Å²) in [6, 6.07) is 0.395. The predicted octanol–water partition coefficient (Wildman–Crippen LogP) is 1.24. The van der Waals surface area contributed by atoms with Gasteiger partial charge in [-0.1, -0.05) is 27.2 Å². The maximum atomic E-state index is 5.36. The molecule has 14 heavy (non-hydrogen) atoms. The Labute approximate surface area is 87.3 Å². The van der Waals surface area contributed by atoms with Gasteiger partial charge in [-0.3, -0.25) is 10.4 Å². The average molecular weight is 200 g/mol. The van der Waals surface area contributed by atoms with E-state index in [-0.39, 0.29) is 0 Å². The Hall–Kier alpha value is -0.770. The summed E-state index contributed by atoms with van der Waals surface area (Å²) < 4.78 is 0. The molecule has 0 aliphatic heterocycles. The van der Waals surface area contributed by atoms with Crippen LogP contribution in [0.4, 0.5) is 0 Å². The van der Waals surface area contributed by atoms with Crippen molar-refractivity contribution in [1.82, 2.24) is 10.7 Å². The number of hydrazine groups is 1. The van der Waals surface area contributed by atoms with Crippen molar-refractivity contribution in [3.05, 3.63) is 0 Å². The van der Waals surface area contributed by atoms with E-state index in [1.165, 1.54) is 0 Å². The van der Waals surface area contributed by atoms with Crippen molar-refractivity contribution in [3.63, 3.8) is 0 Å². The molecule has 0 aliphatic carbocycles. The molecule has 2 unspecified atom stereocenters. The second kappa shape index (κ2) is 7.62. The van der Waals surface area contributed by atoms with Crippen molar-refractivity contribution >= 4 is 5.96 Å². The molecule has 0 radical (unpaired) electrons. The average Bonchev–Trinajstić information content (AvgIpc) is 2.22. The zero-order valence-corrected chi connectivity index (χ0v) is 9.80. The van der Waals surface area contributed by atoms with Gasteiger partial charge in [-0.05, 0) is 19.3 Å². The lowest BCUT2D eigenvalue weighted by atomic mass is 10.0. The molecular formula is C10H24N4. The van der Waals surface area contributed by atoms with Crippen LogP contribution < -0.4 is 16.6 Å². The summed E-state index contributed by atoms with van der Waals surface area (Å²) in [6.45, 7) is 9.44. The van der Waals surface area contributed by atoms with E-state index in [0.29, 0.717) is 17.9 Å². The lowest BCUT2D eigenvalue weighted by molar-refractivity contribution is 0.433. The van der Waals surface area contributed by atoms with E-state index in [1.54, 1.807) is 0 Å². The van der Waals surface area contributed by atoms with E-state index in [0.717, 1.165) is 19.4 Å². The molecule has 0 aromatic heterocycles. The van der Waals surface area contributed by atoms with Crippen LogP contribution in [-0.2, 0) is 0 Å². The van der Waals surface area contributed by atoms with Gasteiger partial charge in [-0.2, -0.15) is 0 Å². The number of rotatable bonds is 5. The minimum atomic E-state index is 0.395.